The van der Waals surface area contributed by atoms with Gasteiger partial charge in [-0.25, -0.2) is 4.68 Å². The van der Waals surface area contributed by atoms with Crippen molar-refractivity contribution in [3.63, 3.8) is 0 Å². The molecule has 0 atom stereocenters. The van der Waals surface area contributed by atoms with Crippen LogP contribution in [0.1, 0.15) is 43.7 Å². The van der Waals surface area contributed by atoms with Gasteiger partial charge in [0, 0.05) is 5.75 Å². The van der Waals surface area contributed by atoms with Crippen LogP contribution in [0.4, 0.5) is 0 Å². The lowest BCUT2D eigenvalue weighted by Crippen LogP contribution is -2.15. The fourth-order valence-corrected chi connectivity index (χ4v) is 3.54. The number of hydrogen-bond donors (Lipinski definition) is 0. The number of thioether (sulfide) groups is 1. The summed E-state index contributed by atoms with van der Waals surface area (Å²) in [5.74, 6) is 1.49. The molecule has 1 aromatic heterocycles. The van der Waals surface area contributed by atoms with Gasteiger partial charge in [-0.2, -0.15) is 5.26 Å². The zero-order valence-corrected chi connectivity index (χ0v) is 13.7. The number of ether oxygens (including phenoxy) is 1. The molecule has 7 heteroatoms. The molecule has 3 rings (SSSR count). The Labute approximate surface area is 139 Å². The predicted octanol–water partition coefficient (Wildman–Crippen LogP) is 3.22. The first kappa shape index (κ1) is 15.8. The van der Waals surface area contributed by atoms with E-state index in [0.717, 1.165) is 29.5 Å². The van der Waals surface area contributed by atoms with Crippen LogP contribution in [0.5, 0.6) is 5.75 Å². The van der Waals surface area contributed by atoms with Gasteiger partial charge < -0.3 is 4.74 Å². The summed E-state index contributed by atoms with van der Waals surface area (Å²) in [6, 6.07) is 9.74. The first-order valence-electron chi connectivity index (χ1n) is 7.90. The highest BCUT2D eigenvalue weighted by Crippen LogP contribution is 2.30. The lowest BCUT2D eigenvalue weighted by molar-refractivity contribution is 0.307. The molecule has 0 unspecified atom stereocenters. The minimum atomic E-state index is 0.439. The molecule has 0 bridgehead atoms. The van der Waals surface area contributed by atoms with Crippen molar-refractivity contribution in [2.24, 2.45) is 0 Å². The first-order chi connectivity index (χ1) is 11.4. The number of nitriles is 1. The van der Waals surface area contributed by atoms with Gasteiger partial charge in [0.1, 0.15) is 5.75 Å². The SMILES string of the molecule is N#Cc1cccc(OCCSc2nnnn2C2CCCCC2)c1. The van der Waals surface area contributed by atoms with E-state index in [1.165, 1.54) is 19.3 Å². The lowest BCUT2D eigenvalue weighted by atomic mass is 9.96. The molecule has 0 N–H and O–H groups in total. The summed E-state index contributed by atoms with van der Waals surface area (Å²) in [5.41, 5.74) is 0.608. The zero-order valence-electron chi connectivity index (χ0n) is 12.9. The largest absolute Gasteiger partial charge is 0.493 e. The normalized spacial score (nSPS) is 15.3. The van der Waals surface area contributed by atoms with Crippen molar-refractivity contribution >= 4 is 11.8 Å². The molecule has 6 nitrogen and oxygen atoms in total. The molecule has 1 fully saturated rings. The Bertz CT molecular complexity index is 675. The minimum Gasteiger partial charge on any atom is -0.493 e. The highest BCUT2D eigenvalue weighted by molar-refractivity contribution is 7.99. The van der Waals surface area contributed by atoms with E-state index in [9.17, 15) is 0 Å². The maximum atomic E-state index is 8.88. The second kappa shape index (κ2) is 7.97. The highest BCUT2D eigenvalue weighted by atomic mass is 32.2. The Morgan fingerprint density at radius 3 is 3.00 bits per heavy atom. The minimum absolute atomic E-state index is 0.439. The predicted molar refractivity (Wildman–Crippen MR) is 87.3 cm³/mol. The number of nitrogens with zero attached hydrogens (tertiary/aromatic N) is 5. The topological polar surface area (TPSA) is 76.6 Å². The van der Waals surface area contributed by atoms with Crippen LogP contribution in [-0.4, -0.2) is 32.6 Å². The highest BCUT2D eigenvalue weighted by Gasteiger charge is 2.20. The van der Waals surface area contributed by atoms with E-state index >= 15 is 0 Å². The van der Waals surface area contributed by atoms with Crippen LogP contribution in [0, 0.1) is 11.3 Å². The van der Waals surface area contributed by atoms with Gasteiger partial charge in [-0.3, -0.25) is 0 Å². The Morgan fingerprint density at radius 2 is 2.17 bits per heavy atom. The van der Waals surface area contributed by atoms with Crippen LogP contribution in [-0.2, 0) is 0 Å². The number of aromatic nitrogens is 4. The van der Waals surface area contributed by atoms with Crippen molar-refractivity contribution in [3.05, 3.63) is 29.8 Å². The van der Waals surface area contributed by atoms with Crippen molar-refractivity contribution in [2.45, 2.75) is 43.3 Å². The standard InChI is InChI=1S/C16H19N5OS/c17-12-13-5-4-8-15(11-13)22-9-10-23-16-18-19-20-21(16)14-6-2-1-3-7-14/h4-5,8,11,14H,1-3,6-7,9-10H2. The molecule has 0 aliphatic heterocycles. The van der Waals surface area contributed by atoms with E-state index < -0.39 is 0 Å². The van der Waals surface area contributed by atoms with Crippen molar-refractivity contribution in [1.82, 2.24) is 20.2 Å². The zero-order chi connectivity index (χ0) is 15.9. The van der Waals surface area contributed by atoms with E-state index in [2.05, 4.69) is 21.6 Å². The molecule has 0 radical (unpaired) electrons. The molecule has 1 aromatic carbocycles. The van der Waals surface area contributed by atoms with Crippen LogP contribution < -0.4 is 4.74 Å². The Kier molecular flexibility index (Phi) is 5.48. The quantitative estimate of drug-likeness (QED) is 0.598. The lowest BCUT2D eigenvalue weighted by Gasteiger charge is -2.21. The molecule has 1 aliphatic carbocycles. The molecule has 0 saturated heterocycles. The van der Waals surface area contributed by atoms with E-state index in [-0.39, 0.29) is 0 Å². The summed E-state index contributed by atoms with van der Waals surface area (Å²) in [6.07, 6.45) is 6.16. The summed E-state index contributed by atoms with van der Waals surface area (Å²) >= 11 is 1.61. The van der Waals surface area contributed by atoms with Gasteiger partial charge in [0.2, 0.25) is 5.16 Å². The molecule has 1 heterocycles. The number of tetrazole rings is 1. The van der Waals surface area contributed by atoms with Gasteiger partial charge in [0.05, 0.1) is 24.3 Å². The van der Waals surface area contributed by atoms with Gasteiger partial charge in [-0.15, -0.1) is 5.10 Å². The smallest absolute Gasteiger partial charge is 0.209 e. The third-order valence-electron chi connectivity index (χ3n) is 3.93. The van der Waals surface area contributed by atoms with Gasteiger partial charge >= 0.3 is 0 Å². The summed E-state index contributed by atoms with van der Waals surface area (Å²) < 4.78 is 7.65. The van der Waals surface area contributed by atoms with Gasteiger partial charge in [0.25, 0.3) is 0 Å². The Balaban J connectivity index is 1.49. The molecule has 1 aliphatic rings. The molecule has 120 valence electrons. The van der Waals surface area contributed by atoms with Crippen LogP contribution >= 0.6 is 11.8 Å². The number of hydrogen-bond acceptors (Lipinski definition) is 6. The van der Waals surface area contributed by atoms with E-state index in [0.29, 0.717) is 18.2 Å². The molecular formula is C16H19N5OS. The average molecular weight is 329 g/mol. The first-order valence-corrected chi connectivity index (χ1v) is 8.89. The van der Waals surface area contributed by atoms with Gasteiger partial charge in [-0.1, -0.05) is 37.1 Å². The average Bonchev–Trinajstić information content (AvgIpc) is 3.08. The van der Waals surface area contributed by atoms with Crippen molar-refractivity contribution in [1.29, 1.82) is 5.26 Å². The second-order valence-electron chi connectivity index (χ2n) is 5.53. The molecular weight excluding hydrogens is 310 g/mol. The van der Waals surface area contributed by atoms with Gasteiger partial charge in [0.15, 0.2) is 0 Å². The van der Waals surface area contributed by atoms with E-state index in [4.69, 9.17) is 10.00 Å². The van der Waals surface area contributed by atoms with Crippen molar-refractivity contribution in [3.8, 4) is 11.8 Å². The fourth-order valence-electron chi connectivity index (χ4n) is 2.78. The summed E-state index contributed by atoms with van der Waals surface area (Å²) in [4.78, 5) is 0. The molecule has 1 saturated carbocycles. The van der Waals surface area contributed by atoms with Crippen LogP contribution in [0.25, 0.3) is 0 Å². The maximum Gasteiger partial charge on any atom is 0.209 e. The molecule has 0 amide bonds. The maximum absolute atomic E-state index is 8.88. The van der Waals surface area contributed by atoms with Crippen LogP contribution in [0.3, 0.4) is 0 Å². The third kappa shape index (κ3) is 4.23. The number of benzene rings is 1. The van der Waals surface area contributed by atoms with Crippen LogP contribution in [0.2, 0.25) is 0 Å². The summed E-state index contributed by atoms with van der Waals surface area (Å²) in [7, 11) is 0. The van der Waals surface area contributed by atoms with Crippen molar-refractivity contribution < 1.29 is 4.74 Å². The third-order valence-corrected chi connectivity index (χ3v) is 4.83. The molecule has 2 aromatic rings. The Hall–Kier alpha value is -2.07. The van der Waals surface area contributed by atoms with Gasteiger partial charge in [-0.05, 0) is 41.5 Å². The monoisotopic (exact) mass is 329 g/mol. The van der Waals surface area contributed by atoms with E-state index in [1.807, 2.05) is 16.8 Å². The number of rotatable bonds is 6. The molecule has 0 spiro atoms. The van der Waals surface area contributed by atoms with Crippen molar-refractivity contribution in [2.75, 3.05) is 12.4 Å². The summed E-state index contributed by atoms with van der Waals surface area (Å²) in [5, 5.41) is 21.9. The summed E-state index contributed by atoms with van der Waals surface area (Å²) in [6.45, 7) is 0.553. The van der Waals surface area contributed by atoms with Crippen LogP contribution in [0.15, 0.2) is 29.4 Å². The Morgan fingerprint density at radius 1 is 1.30 bits per heavy atom. The molecule has 23 heavy (non-hydrogen) atoms. The van der Waals surface area contributed by atoms with E-state index in [1.54, 1.807) is 23.9 Å². The fraction of sp³-hybridized carbons (Fsp3) is 0.500. The second-order valence-corrected chi connectivity index (χ2v) is 6.60.